The first kappa shape index (κ1) is 15.8. The predicted octanol–water partition coefficient (Wildman–Crippen LogP) is 0.263. The van der Waals surface area contributed by atoms with E-state index in [1.807, 2.05) is 0 Å². The Morgan fingerprint density at radius 2 is 2.00 bits per heavy atom. The van der Waals surface area contributed by atoms with Crippen LogP contribution in [0.5, 0.6) is 0 Å². The van der Waals surface area contributed by atoms with Crippen LogP contribution in [0.25, 0.3) is 0 Å². The van der Waals surface area contributed by atoms with Crippen LogP contribution in [0.15, 0.2) is 12.7 Å². The number of rotatable bonds is 1. The molecular weight excluding hydrogens is 106 g/mol. The van der Waals surface area contributed by atoms with Crippen molar-refractivity contribution >= 4 is 29.0 Å². The first-order chi connectivity index (χ1) is 2.27. The molecule has 0 heterocycles. The summed E-state index contributed by atoms with van der Waals surface area (Å²) in [7, 11) is 0. The Labute approximate surface area is 61.1 Å². The molecule has 0 aromatic rings. The van der Waals surface area contributed by atoms with Crippen molar-refractivity contribution in [2.75, 3.05) is 0 Å². The Hall–Kier alpha value is -0.0638. The van der Waals surface area contributed by atoms with E-state index in [0.717, 1.165) is 6.08 Å². The molecule has 0 fully saturated rings. The van der Waals surface area contributed by atoms with Crippen molar-refractivity contribution in [1.82, 2.24) is 6.15 Å². The van der Waals surface area contributed by atoms with E-state index in [0.29, 0.717) is 0 Å². The maximum Gasteiger partial charge on any atom is 2.00 e. The van der Waals surface area contributed by atoms with Crippen LogP contribution in [0.3, 0.4) is 0 Å². The third-order valence-corrected chi connectivity index (χ3v) is 0.175. The molecule has 4 N–H and O–H groups in total. The number of aliphatic carboxylic acids is 1. The normalized spacial score (nSPS) is 4.57. The van der Waals surface area contributed by atoms with Gasteiger partial charge in [0.25, 0.3) is 0 Å². The van der Waals surface area contributed by atoms with Gasteiger partial charge in [-0.2, -0.15) is 0 Å². The maximum absolute atomic E-state index is 9.25. The van der Waals surface area contributed by atoms with Crippen molar-refractivity contribution < 1.29 is 12.8 Å². The minimum atomic E-state index is -0.981. The summed E-state index contributed by atoms with van der Waals surface area (Å²) in [6.45, 7) is 2.96. The molecule has 0 radical (unpaired) electrons. The third kappa shape index (κ3) is 24.5. The molecule has 0 aliphatic carbocycles. The zero-order valence-corrected chi connectivity index (χ0v) is 5.47. The van der Waals surface area contributed by atoms with E-state index in [9.17, 15) is 4.79 Å². The fourth-order valence-electron chi connectivity index (χ4n) is 0. The van der Waals surface area contributed by atoms with Gasteiger partial charge in [0.15, 0.2) is 0 Å². The molecule has 0 aliphatic rings. The standard InChI is InChI=1S/C3H4O2.Mg.H3N.2H/c1-2-3(4)5;;;;/h2H,1H2,(H,4,5);;1H3;;/q;+2;;2*-1. The predicted molar refractivity (Wildman–Crippen MR) is 30.8 cm³/mol. The summed E-state index contributed by atoms with van der Waals surface area (Å²) in [5.74, 6) is -0.981. The summed E-state index contributed by atoms with van der Waals surface area (Å²) in [6.07, 6.45) is 0.833. The van der Waals surface area contributed by atoms with Crippen molar-refractivity contribution in [3.8, 4) is 0 Å². The Morgan fingerprint density at radius 1 is 1.86 bits per heavy atom. The molecule has 7 heavy (non-hydrogen) atoms. The van der Waals surface area contributed by atoms with Crippen LogP contribution in [0.2, 0.25) is 0 Å². The van der Waals surface area contributed by atoms with Crippen molar-refractivity contribution in [1.29, 1.82) is 0 Å². The minimum absolute atomic E-state index is 0. The van der Waals surface area contributed by atoms with Gasteiger partial charge in [0.1, 0.15) is 0 Å². The molecule has 0 spiro atoms. The molecule has 0 atom stereocenters. The second-order valence-electron chi connectivity index (χ2n) is 0.542. The number of hydrogen-bond acceptors (Lipinski definition) is 2. The first-order valence-corrected chi connectivity index (χ1v) is 1.12. The van der Waals surface area contributed by atoms with E-state index >= 15 is 0 Å². The summed E-state index contributed by atoms with van der Waals surface area (Å²) in [5, 5.41) is 7.60. The van der Waals surface area contributed by atoms with E-state index < -0.39 is 5.97 Å². The average Bonchev–Trinajstić information content (AvgIpc) is 1.38. The molecule has 3 nitrogen and oxygen atoms in total. The average molecular weight is 115 g/mol. The fraction of sp³-hybridized carbons (Fsp3) is 0. The van der Waals surface area contributed by atoms with Crippen LogP contribution in [0.1, 0.15) is 2.85 Å². The Morgan fingerprint density at radius 3 is 2.00 bits per heavy atom. The molecule has 4 heteroatoms. The van der Waals surface area contributed by atoms with Gasteiger partial charge in [0.05, 0.1) is 0 Å². The molecular formula is C3H9MgNO2. The molecule has 0 saturated carbocycles. The van der Waals surface area contributed by atoms with Crippen LogP contribution >= 0.6 is 0 Å². The molecule has 0 rings (SSSR count). The number of carboxylic acid groups (broad SMARTS) is 1. The molecule has 40 valence electrons. The van der Waals surface area contributed by atoms with Crippen molar-refractivity contribution in [3.05, 3.63) is 12.7 Å². The van der Waals surface area contributed by atoms with E-state index in [-0.39, 0.29) is 32.1 Å². The van der Waals surface area contributed by atoms with Gasteiger partial charge in [-0.05, 0) is 0 Å². The summed E-state index contributed by atoms with van der Waals surface area (Å²) in [4.78, 5) is 9.25. The van der Waals surface area contributed by atoms with Crippen LogP contribution < -0.4 is 6.15 Å². The molecule has 0 bridgehead atoms. The SMILES string of the molecule is C=CC(=O)O.N.[H-].[H-].[Mg+2]. The summed E-state index contributed by atoms with van der Waals surface area (Å²) in [6, 6.07) is 0. The summed E-state index contributed by atoms with van der Waals surface area (Å²) in [5.41, 5.74) is 0. The third-order valence-electron chi connectivity index (χ3n) is 0.175. The van der Waals surface area contributed by atoms with Crippen molar-refractivity contribution in [2.24, 2.45) is 0 Å². The second-order valence-corrected chi connectivity index (χ2v) is 0.542. The Bertz CT molecular complexity index is 70.8. The second kappa shape index (κ2) is 9.34. The van der Waals surface area contributed by atoms with Crippen LogP contribution in [0, 0.1) is 0 Å². The van der Waals surface area contributed by atoms with Gasteiger partial charge < -0.3 is 14.1 Å². The Balaban J connectivity index is -0.0000000133. The summed E-state index contributed by atoms with van der Waals surface area (Å²) >= 11 is 0. The van der Waals surface area contributed by atoms with Gasteiger partial charge in [-0.1, -0.05) is 6.58 Å². The van der Waals surface area contributed by atoms with Gasteiger partial charge in [0.2, 0.25) is 0 Å². The van der Waals surface area contributed by atoms with Crippen molar-refractivity contribution in [2.45, 2.75) is 0 Å². The smallest absolute Gasteiger partial charge is 1.00 e. The first-order valence-electron chi connectivity index (χ1n) is 1.12. The zero-order chi connectivity index (χ0) is 4.28. The minimum Gasteiger partial charge on any atom is -1.00 e. The van der Waals surface area contributed by atoms with Gasteiger partial charge >= 0.3 is 29.0 Å². The monoisotopic (exact) mass is 115 g/mol. The quantitative estimate of drug-likeness (QED) is 0.380. The van der Waals surface area contributed by atoms with Gasteiger partial charge in [0, 0.05) is 6.08 Å². The van der Waals surface area contributed by atoms with Crippen LogP contribution in [-0.4, -0.2) is 34.1 Å². The molecule has 0 aromatic carbocycles. The Kier molecular flexibility index (Phi) is 21.0. The van der Waals surface area contributed by atoms with Gasteiger partial charge in [-0.3, -0.25) is 0 Å². The van der Waals surface area contributed by atoms with Crippen LogP contribution in [0.4, 0.5) is 0 Å². The number of carbonyl (C=O) groups is 1. The van der Waals surface area contributed by atoms with E-state index in [4.69, 9.17) is 5.11 Å². The molecule has 0 saturated heterocycles. The fourth-order valence-corrected chi connectivity index (χ4v) is 0. The zero-order valence-electron chi connectivity index (χ0n) is 6.05. The molecule has 0 unspecified atom stereocenters. The van der Waals surface area contributed by atoms with Crippen molar-refractivity contribution in [3.63, 3.8) is 0 Å². The van der Waals surface area contributed by atoms with Gasteiger partial charge in [-0.25, -0.2) is 4.79 Å². The topological polar surface area (TPSA) is 72.3 Å². The number of carboxylic acids is 1. The van der Waals surface area contributed by atoms with E-state index in [2.05, 4.69) is 6.58 Å². The number of hydrogen-bond donors (Lipinski definition) is 2. The molecule has 0 amide bonds. The summed E-state index contributed by atoms with van der Waals surface area (Å²) < 4.78 is 0. The molecule has 0 aliphatic heterocycles. The largest absolute Gasteiger partial charge is 2.00 e. The van der Waals surface area contributed by atoms with E-state index in [1.165, 1.54) is 0 Å². The maximum atomic E-state index is 9.25. The van der Waals surface area contributed by atoms with Crippen LogP contribution in [-0.2, 0) is 4.79 Å². The van der Waals surface area contributed by atoms with E-state index in [1.54, 1.807) is 0 Å². The molecule has 0 aromatic heterocycles. The van der Waals surface area contributed by atoms with Gasteiger partial charge in [-0.15, -0.1) is 0 Å².